The molecule has 0 spiro atoms. The zero-order chi connectivity index (χ0) is 11.8. The number of halogens is 1. The van der Waals surface area contributed by atoms with Gasteiger partial charge < -0.3 is 15.3 Å². The van der Waals surface area contributed by atoms with E-state index in [9.17, 15) is 0 Å². The Hall–Kier alpha value is -1.58. The van der Waals surface area contributed by atoms with Crippen LogP contribution in [0.3, 0.4) is 0 Å². The van der Waals surface area contributed by atoms with E-state index < -0.39 is 5.09 Å². The highest BCUT2D eigenvalue weighted by Crippen LogP contribution is 2.05. The van der Waals surface area contributed by atoms with Crippen LogP contribution in [-0.2, 0) is 0 Å². The molecule has 0 unspecified atom stereocenters. The van der Waals surface area contributed by atoms with Crippen molar-refractivity contribution >= 4 is 34.2 Å². The molecule has 0 bridgehead atoms. The molecular weight excluding hydrogens is 315 g/mol. The van der Waals surface area contributed by atoms with Crippen LogP contribution in [0.15, 0.2) is 24.3 Å². The number of benzene rings is 1. The highest BCUT2D eigenvalue weighted by Gasteiger charge is 1.91. The van der Waals surface area contributed by atoms with Crippen LogP contribution in [0, 0.1) is 18.9 Å². The lowest BCUT2D eigenvalue weighted by Crippen LogP contribution is -2.72. The van der Waals surface area contributed by atoms with Crippen molar-refractivity contribution in [3.05, 3.63) is 43.2 Å². The molecule has 0 aliphatic carbocycles. The van der Waals surface area contributed by atoms with E-state index in [0.29, 0.717) is 0 Å². The normalized spacial score (nSPS) is 8.33. The first kappa shape index (κ1) is 13.4. The van der Waals surface area contributed by atoms with Gasteiger partial charge in [0.15, 0.2) is 0 Å². The number of rotatable bonds is 1. The topological polar surface area (TPSA) is 132 Å². The summed E-state index contributed by atoms with van der Waals surface area (Å²) in [5.74, 6) is 0.214. The van der Waals surface area contributed by atoms with E-state index in [0.717, 1.165) is 5.69 Å². The van der Waals surface area contributed by atoms with Crippen molar-refractivity contribution in [2.45, 2.75) is 0 Å². The molecule has 0 radical (unpaired) electrons. The van der Waals surface area contributed by atoms with Gasteiger partial charge in [0.2, 0.25) is 0 Å². The number of nitrogens with two attached hydrogens (primary N) is 2. The van der Waals surface area contributed by atoms with Crippen molar-refractivity contribution in [3.63, 3.8) is 0 Å². The molecule has 0 saturated heterocycles. The number of guanidine groups is 1. The second-order valence-electron chi connectivity index (χ2n) is 2.31. The van der Waals surface area contributed by atoms with Crippen molar-refractivity contribution in [2.75, 3.05) is 0 Å². The van der Waals surface area contributed by atoms with Gasteiger partial charge in [0.1, 0.15) is 0 Å². The molecule has 8 heteroatoms. The second kappa shape index (κ2) is 6.81. The predicted molar refractivity (Wildman–Crippen MR) is 63.5 cm³/mol. The Morgan fingerprint density at radius 2 is 1.67 bits per heavy atom. The monoisotopic (exact) mass is 324 g/mol. The maximum absolute atomic E-state index is 8.25. The summed E-state index contributed by atoms with van der Waals surface area (Å²) in [7, 11) is 0. The van der Waals surface area contributed by atoms with Gasteiger partial charge >= 0.3 is 5.96 Å². The van der Waals surface area contributed by atoms with Crippen LogP contribution in [-0.4, -0.2) is 11.0 Å². The number of hydrogen-bond donors (Lipinski definition) is 3. The van der Waals surface area contributed by atoms with Crippen LogP contribution in [0.25, 0.3) is 0 Å². The minimum atomic E-state index is -1.75. The van der Waals surface area contributed by atoms with Gasteiger partial charge in [-0.1, -0.05) is 0 Å². The second-order valence-corrected chi connectivity index (χ2v) is 3.56. The van der Waals surface area contributed by atoms with Gasteiger partial charge in [-0.2, -0.15) is 0 Å². The molecule has 0 aliphatic heterocycles. The number of hydrogen-bond acceptors (Lipinski definition) is 3. The van der Waals surface area contributed by atoms with E-state index in [1.165, 1.54) is 3.57 Å². The predicted octanol–water partition coefficient (Wildman–Crippen LogP) is -0.962. The molecule has 0 aliphatic rings. The molecule has 0 aromatic heterocycles. The average molecular weight is 324 g/mol. The van der Waals surface area contributed by atoms with Gasteiger partial charge in [0.05, 0.1) is 10.8 Å². The summed E-state index contributed by atoms with van der Waals surface area (Å²) in [6.45, 7) is 0. The molecule has 0 amide bonds. The molecule has 82 valence electrons. The Bertz CT molecular complexity index is 344. The Labute approximate surface area is 99.0 Å². The molecule has 15 heavy (non-hydrogen) atoms. The van der Waals surface area contributed by atoms with Crippen molar-refractivity contribution in [3.8, 4) is 0 Å². The smallest absolute Gasteiger partial charge is 0.343 e. The summed E-state index contributed by atoms with van der Waals surface area (Å²) in [5.41, 5.74) is 11.4. The molecule has 1 rings (SSSR count). The Balaban J connectivity index is 0.000000423. The van der Waals surface area contributed by atoms with Gasteiger partial charge in [-0.05, 0) is 46.9 Å². The molecule has 7 nitrogen and oxygen atoms in total. The van der Waals surface area contributed by atoms with Crippen molar-refractivity contribution < 1.29 is 10.1 Å². The van der Waals surface area contributed by atoms with Crippen LogP contribution in [0.4, 0.5) is 5.69 Å². The minimum Gasteiger partial charge on any atom is -0.356 e. The molecule has 0 atom stereocenters. The largest absolute Gasteiger partial charge is 0.356 e. The summed E-state index contributed by atoms with van der Waals surface area (Å²) in [4.78, 5) is 11.1. The molecular formula is C7H9IN4O3. The van der Waals surface area contributed by atoms with Gasteiger partial charge in [0, 0.05) is 3.57 Å². The molecule has 0 heterocycles. The number of nitrogens with zero attached hydrogens (tertiary/aromatic N) is 1. The lowest BCUT2D eigenvalue weighted by Gasteiger charge is -1.91. The van der Waals surface area contributed by atoms with Crippen LogP contribution < -0.4 is 16.5 Å². The highest BCUT2D eigenvalue weighted by molar-refractivity contribution is 14.1. The molecule has 5 N–H and O–H groups in total. The average Bonchev–Trinajstić information content (AvgIpc) is 2.07. The third-order valence-corrected chi connectivity index (χ3v) is 1.85. The van der Waals surface area contributed by atoms with E-state index in [4.69, 9.17) is 26.8 Å². The Kier molecular flexibility index (Phi) is 6.09. The lowest BCUT2D eigenvalue weighted by molar-refractivity contribution is -0.402. The summed E-state index contributed by atoms with van der Waals surface area (Å²) in [5, 5.41) is 14.8. The van der Waals surface area contributed by atoms with Gasteiger partial charge in [-0.25, -0.2) is 4.99 Å². The first-order valence-electron chi connectivity index (χ1n) is 3.64. The standard InChI is InChI=1S/C7H8IN3.NO3/c8-5-1-3-6(4-2-5)11-7(9)10;2-1(3)4/h1-4H,(H4,9,10,11);/q;-1/p+1. The fourth-order valence-electron chi connectivity index (χ4n) is 0.700. The SMILES string of the molecule is NC(N)=[NH+]c1ccc(I)cc1.O=[N+]([O-])[O-]. The Morgan fingerprint density at radius 3 is 2.00 bits per heavy atom. The van der Waals surface area contributed by atoms with Crippen molar-refractivity contribution in [1.29, 1.82) is 0 Å². The zero-order valence-electron chi connectivity index (χ0n) is 7.51. The van der Waals surface area contributed by atoms with Crippen LogP contribution in [0.5, 0.6) is 0 Å². The lowest BCUT2D eigenvalue weighted by atomic mass is 10.3. The third kappa shape index (κ3) is 8.74. The zero-order valence-corrected chi connectivity index (χ0v) is 9.67. The molecule has 1 aromatic carbocycles. The van der Waals surface area contributed by atoms with E-state index >= 15 is 0 Å². The van der Waals surface area contributed by atoms with E-state index in [1.54, 1.807) is 0 Å². The van der Waals surface area contributed by atoms with Crippen molar-refractivity contribution in [1.82, 2.24) is 0 Å². The minimum absolute atomic E-state index is 0.214. The van der Waals surface area contributed by atoms with Crippen LogP contribution in [0.1, 0.15) is 0 Å². The molecule has 0 fully saturated rings. The molecule has 0 saturated carbocycles. The molecule has 1 aromatic rings. The first-order valence-corrected chi connectivity index (χ1v) is 4.71. The summed E-state index contributed by atoms with van der Waals surface area (Å²) >= 11 is 2.23. The quantitative estimate of drug-likeness (QED) is 0.201. The third-order valence-electron chi connectivity index (χ3n) is 1.13. The van der Waals surface area contributed by atoms with Crippen LogP contribution in [0.2, 0.25) is 0 Å². The van der Waals surface area contributed by atoms with Gasteiger partial charge in [0.25, 0.3) is 0 Å². The fourth-order valence-corrected chi connectivity index (χ4v) is 1.06. The van der Waals surface area contributed by atoms with Crippen molar-refractivity contribution in [2.24, 2.45) is 11.5 Å². The van der Waals surface area contributed by atoms with E-state index in [1.807, 2.05) is 24.3 Å². The first-order chi connectivity index (χ1) is 6.91. The van der Waals surface area contributed by atoms with E-state index in [-0.39, 0.29) is 5.96 Å². The maximum atomic E-state index is 8.25. The van der Waals surface area contributed by atoms with Crippen LogP contribution >= 0.6 is 22.6 Å². The maximum Gasteiger partial charge on any atom is 0.343 e. The highest BCUT2D eigenvalue weighted by atomic mass is 127. The number of nitrogens with one attached hydrogen (secondary N) is 1. The summed E-state index contributed by atoms with van der Waals surface area (Å²) in [6.07, 6.45) is 0. The summed E-state index contributed by atoms with van der Waals surface area (Å²) in [6, 6.07) is 7.79. The fraction of sp³-hybridized carbons (Fsp3) is 0. The summed E-state index contributed by atoms with van der Waals surface area (Å²) < 4.78 is 1.18. The van der Waals surface area contributed by atoms with E-state index in [2.05, 4.69) is 27.6 Å². The van der Waals surface area contributed by atoms with Gasteiger partial charge in [-0.15, -0.1) is 0 Å². The van der Waals surface area contributed by atoms with Gasteiger partial charge in [-0.3, -0.25) is 11.5 Å². The Morgan fingerprint density at radius 1 is 1.27 bits per heavy atom.